The van der Waals surface area contributed by atoms with Crippen LogP contribution in [0.3, 0.4) is 0 Å². The Labute approximate surface area is 749 Å². The molecule has 2 heterocycles. The minimum Gasteiger partial charge on any atom is -0.462 e. The first-order valence-electron chi connectivity index (χ1n) is 50.1. The summed E-state index contributed by atoms with van der Waals surface area (Å²) in [6.07, 6.45) is 35.3. The van der Waals surface area contributed by atoms with Gasteiger partial charge in [0.2, 0.25) is 11.8 Å². The molecule has 730 valence electrons. The number of nitrogens with one attached hydrogen (secondary N) is 2. The first-order valence-corrected chi connectivity index (χ1v) is 53.2. The Kier molecular flexibility index (Phi) is 71.9. The summed E-state index contributed by atoms with van der Waals surface area (Å²) in [6, 6.07) is -3.79. The Hall–Kier alpha value is -3.24. The van der Waals surface area contributed by atoms with Crippen LogP contribution in [0.5, 0.6) is 0 Å². The van der Waals surface area contributed by atoms with E-state index in [0.717, 1.165) is 250 Å². The zero-order valence-corrected chi connectivity index (χ0v) is 80.3. The number of hydrogen-bond acceptors (Lipinski definition) is 21. The van der Waals surface area contributed by atoms with Crippen LogP contribution >= 0.6 is 15.6 Å². The highest BCUT2D eigenvalue weighted by atomic mass is 31.2. The van der Waals surface area contributed by atoms with E-state index in [4.69, 9.17) is 46.9 Å². The van der Waals surface area contributed by atoms with Gasteiger partial charge in [-0.25, -0.2) is 9.13 Å². The van der Waals surface area contributed by atoms with Crippen LogP contribution in [-0.2, 0) is 84.8 Å². The molecule has 0 spiro atoms. The van der Waals surface area contributed by atoms with Crippen LogP contribution in [0.15, 0.2) is 0 Å². The lowest BCUT2D eigenvalue weighted by Crippen LogP contribution is -2.68. The Morgan fingerprint density at radius 3 is 0.992 bits per heavy atom. The lowest BCUT2D eigenvalue weighted by Gasteiger charge is -2.47. The van der Waals surface area contributed by atoms with Gasteiger partial charge < -0.3 is 83.4 Å². The van der Waals surface area contributed by atoms with Gasteiger partial charge in [0.25, 0.3) is 0 Å². The van der Waals surface area contributed by atoms with E-state index in [1.165, 1.54) is 77.7 Å². The summed E-state index contributed by atoms with van der Waals surface area (Å²) in [5.74, 6) is -4.90. The van der Waals surface area contributed by atoms with Crippen molar-refractivity contribution in [2.24, 2.45) is 0 Å². The maximum atomic E-state index is 15.3. The van der Waals surface area contributed by atoms with Gasteiger partial charge in [0.15, 0.2) is 24.8 Å². The van der Waals surface area contributed by atoms with Gasteiger partial charge in [-0.2, -0.15) is 0 Å². The molecule has 0 aromatic heterocycles. The molecule has 2 aliphatic heterocycles. The summed E-state index contributed by atoms with van der Waals surface area (Å²) in [4.78, 5) is 129. The Morgan fingerprint density at radius 1 is 0.331 bits per heavy atom. The zero-order valence-electron chi connectivity index (χ0n) is 78.5. The molecule has 9 N–H and O–H groups in total. The lowest BCUT2D eigenvalue weighted by atomic mass is 9.95. The normalized spacial score (nSPS) is 20.3. The average Bonchev–Trinajstić information content (AvgIpc) is 0.778. The van der Waals surface area contributed by atoms with E-state index in [1.807, 2.05) is 0 Å². The summed E-state index contributed by atoms with van der Waals surface area (Å²) in [6.45, 7) is 11.5. The second kappa shape index (κ2) is 76.3. The topological polar surface area (TPSA) is 395 Å². The first-order chi connectivity index (χ1) is 59.8. The van der Waals surface area contributed by atoms with Crippen molar-refractivity contribution in [1.82, 2.24) is 10.6 Å². The summed E-state index contributed by atoms with van der Waals surface area (Å²) in [5, 5.41) is 40.5. The number of esters is 4. The Balaban J connectivity index is 2.87. The maximum Gasteiger partial charge on any atom is 0.472 e. The standard InChI is InChI=1S/C95H180N2O25P2/c1-8-14-20-26-32-38-39-45-51-57-63-69-85(103)116-79(67-61-55-49-43-36-30-24-18-12-5)73-87(105)120-93-89(97-83(101)72-78(66-60-54-48-42-35-29-23-17-11-4)115-84(102)68-62-56-50-44-37-31-25-19-13-6)94(118-81(74-113-7)91(93)121-123(107,108)109)114-75-80-90(106)92(119-86(104)71-77(99)65-59-53-47-41-34-28-22-16-10-3)88(95(117-80)122-124(110,111)112)96-82(100)70-76(98)64-58-52-46-40-33-27-21-15-9-2/h76-81,88-95,98-99,106H,8-75H2,1-7H3,(H,96,100)(H,97,101)(H2,107,108,109)(H2,110,111,112)/t76-,77-,78-,79-,80-,81-,88-,89-,90-,91-,92-,93-,94-,95-/m1/s1. The quantitative estimate of drug-likeness (QED) is 0.0118. The van der Waals surface area contributed by atoms with Gasteiger partial charge >= 0.3 is 39.5 Å². The molecule has 2 amide bonds. The monoisotopic (exact) mass is 1810 g/mol. The van der Waals surface area contributed by atoms with Crippen molar-refractivity contribution < 1.29 is 120 Å². The van der Waals surface area contributed by atoms with Gasteiger partial charge in [0, 0.05) is 20.0 Å². The third kappa shape index (κ3) is 62.2. The van der Waals surface area contributed by atoms with Crippen molar-refractivity contribution in [1.29, 1.82) is 0 Å². The molecule has 0 radical (unpaired) electrons. The highest BCUT2D eigenvalue weighted by molar-refractivity contribution is 7.46. The van der Waals surface area contributed by atoms with Crippen molar-refractivity contribution in [3.05, 3.63) is 0 Å². The van der Waals surface area contributed by atoms with Gasteiger partial charge in [-0.15, -0.1) is 0 Å². The molecule has 2 fully saturated rings. The second-order valence-corrected chi connectivity index (χ2v) is 38.2. The number of carbonyl (C=O) groups is 6. The molecule has 0 aromatic carbocycles. The molecule has 0 aromatic rings. The average molecular weight is 1810 g/mol. The van der Waals surface area contributed by atoms with Crippen LogP contribution in [0.1, 0.15) is 465 Å². The van der Waals surface area contributed by atoms with Gasteiger partial charge in [0.05, 0.1) is 51.1 Å². The fraction of sp³-hybridized carbons (Fsp3) is 0.937. The van der Waals surface area contributed by atoms with Crippen LogP contribution in [0.4, 0.5) is 0 Å². The third-order valence-electron chi connectivity index (χ3n) is 24.0. The Morgan fingerprint density at radius 2 is 0.629 bits per heavy atom. The number of phosphoric acid groups is 2. The van der Waals surface area contributed by atoms with Crippen LogP contribution < -0.4 is 10.6 Å². The number of hydrogen-bond donors (Lipinski definition) is 9. The number of amides is 2. The van der Waals surface area contributed by atoms with Crippen molar-refractivity contribution in [2.45, 2.75) is 551 Å². The molecule has 2 aliphatic rings. The lowest BCUT2D eigenvalue weighted by molar-refractivity contribution is -0.297. The van der Waals surface area contributed by atoms with Crippen molar-refractivity contribution >= 4 is 51.3 Å². The number of methoxy groups -OCH3 is 1. The fourth-order valence-electron chi connectivity index (χ4n) is 16.7. The van der Waals surface area contributed by atoms with Crippen LogP contribution in [-0.4, -0.2) is 177 Å². The van der Waals surface area contributed by atoms with Crippen LogP contribution in [0.2, 0.25) is 0 Å². The fourth-order valence-corrected chi connectivity index (χ4v) is 17.8. The molecule has 27 nitrogen and oxygen atoms in total. The molecule has 2 saturated heterocycles. The highest BCUT2D eigenvalue weighted by Gasteiger charge is 2.55. The smallest absolute Gasteiger partial charge is 0.462 e. The Bertz CT molecular complexity index is 2730. The summed E-state index contributed by atoms with van der Waals surface area (Å²) in [5.41, 5.74) is 0. The number of aliphatic hydroxyl groups is 3. The minimum absolute atomic E-state index is 0.0925. The van der Waals surface area contributed by atoms with Gasteiger partial charge in [0.1, 0.15) is 48.7 Å². The summed E-state index contributed by atoms with van der Waals surface area (Å²) < 4.78 is 86.6. The zero-order chi connectivity index (χ0) is 91.1. The second-order valence-electron chi connectivity index (χ2n) is 35.8. The molecule has 14 atom stereocenters. The number of unbranched alkanes of at least 4 members (excludes halogenated alkanes) is 50. The predicted molar refractivity (Wildman–Crippen MR) is 485 cm³/mol. The SMILES string of the molecule is CCCCCCCCCCCCCC(=O)O[C@H](CCCCCCCCCCC)CC(=O)O[C@@H]1[C@@H](NC(=O)C[C@@H](CCCCCCCCCCC)OC(=O)CCCCCCCCCCC)[C@H](OC[C@H]2O[C@H](OP(=O)(O)O)[C@H](NC(=O)C[C@H](O)CCCCCCCCCCC)[C@@H](OC(=O)C[C@H](O)CCCCCCCCCCC)[C@@H]2O)O[C@H](COC)[C@H]1OP(=O)(O)O. The van der Waals surface area contributed by atoms with E-state index in [1.54, 1.807) is 0 Å². The number of aliphatic hydroxyl groups excluding tert-OH is 3. The minimum atomic E-state index is -5.67. The van der Waals surface area contributed by atoms with E-state index in [-0.39, 0.29) is 38.5 Å². The van der Waals surface area contributed by atoms with E-state index < -0.39 is 176 Å². The molecule has 124 heavy (non-hydrogen) atoms. The first kappa shape index (κ1) is 117. The largest absolute Gasteiger partial charge is 0.472 e. The molecule has 0 aliphatic carbocycles. The van der Waals surface area contributed by atoms with E-state index >= 15 is 9.59 Å². The molecule has 0 unspecified atom stereocenters. The molecular weight excluding hydrogens is 1630 g/mol. The third-order valence-corrected chi connectivity index (χ3v) is 25.0. The number of ether oxygens (including phenoxy) is 8. The van der Waals surface area contributed by atoms with E-state index in [9.17, 15) is 63.2 Å². The number of carbonyl (C=O) groups excluding carboxylic acids is 6. The van der Waals surface area contributed by atoms with Crippen molar-refractivity contribution in [3.63, 3.8) is 0 Å². The van der Waals surface area contributed by atoms with E-state index in [2.05, 4.69) is 52.2 Å². The van der Waals surface area contributed by atoms with Gasteiger partial charge in [-0.05, 0) is 51.4 Å². The van der Waals surface area contributed by atoms with Gasteiger partial charge in [-0.1, -0.05) is 375 Å². The van der Waals surface area contributed by atoms with E-state index in [0.29, 0.717) is 38.5 Å². The predicted octanol–water partition coefficient (Wildman–Crippen LogP) is 21.3. The van der Waals surface area contributed by atoms with Crippen molar-refractivity contribution in [2.75, 3.05) is 20.3 Å². The molecule has 29 heteroatoms. The van der Waals surface area contributed by atoms with Gasteiger partial charge in [-0.3, -0.25) is 37.8 Å². The summed E-state index contributed by atoms with van der Waals surface area (Å²) >= 11 is 0. The molecule has 0 bridgehead atoms. The molecule has 2 rings (SSSR count). The maximum absolute atomic E-state index is 15.3. The van der Waals surface area contributed by atoms with Crippen LogP contribution in [0, 0.1) is 0 Å². The molecule has 0 saturated carbocycles. The van der Waals surface area contributed by atoms with Crippen molar-refractivity contribution in [3.8, 4) is 0 Å². The highest BCUT2D eigenvalue weighted by Crippen LogP contribution is 2.44. The number of phosphoric ester groups is 2. The summed E-state index contributed by atoms with van der Waals surface area (Å²) in [7, 11) is -10.1. The van der Waals surface area contributed by atoms with Crippen LogP contribution in [0.25, 0.3) is 0 Å². The molecular formula is C95H180N2O25P2. The number of rotatable bonds is 85.